The largest absolute Gasteiger partial charge is 0.328 e. The fraction of sp³-hybridized carbons (Fsp3) is 0.769. The summed E-state index contributed by atoms with van der Waals surface area (Å²) in [7, 11) is 0. The standard InChI is InChI=1S/C13H23N3/c1-10(2)13(3,8-14)16-9-15-7-12(16)11-5-4-6-11/h7,9-11H,4-6,8,14H2,1-3H3. The molecule has 1 atom stereocenters. The lowest BCUT2D eigenvalue weighted by Gasteiger charge is -2.38. The summed E-state index contributed by atoms with van der Waals surface area (Å²) in [6.45, 7) is 7.37. The highest BCUT2D eigenvalue weighted by Gasteiger charge is 2.33. The molecular formula is C13H23N3. The second-order valence-electron chi connectivity index (χ2n) is 5.53. The molecule has 2 N–H and O–H groups in total. The first kappa shape index (κ1) is 11.6. The fourth-order valence-corrected chi connectivity index (χ4v) is 2.35. The van der Waals surface area contributed by atoms with Crippen molar-refractivity contribution in [1.82, 2.24) is 9.55 Å². The smallest absolute Gasteiger partial charge is 0.0953 e. The first-order valence-corrected chi connectivity index (χ1v) is 6.32. The maximum Gasteiger partial charge on any atom is 0.0953 e. The molecule has 1 heterocycles. The molecule has 0 aromatic carbocycles. The van der Waals surface area contributed by atoms with Crippen LogP contribution in [-0.4, -0.2) is 16.1 Å². The summed E-state index contributed by atoms with van der Waals surface area (Å²) < 4.78 is 2.32. The Bertz CT molecular complexity index is 352. The van der Waals surface area contributed by atoms with E-state index in [4.69, 9.17) is 5.73 Å². The van der Waals surface area contributed by atoms with E-state index in [1.807, 2.05) is 12.5 Å². The number of hydrogen-bond acceptors (Lipinski definition) is 2. The van der Waals surface area contributed by atoms with E-state index in [-0.39, 0.29) is 5.54 Å². The summed E-state index contributed by atoms with van der Waals surface area (Å²) in [5, 5.41) is 0. The van der Waals surface area contributed by atoms with Gasteiger partial charge in [0.05, 0.1) is 11.9 Å². The summed E-state index contributed by atoms with van der Waals surface area (Å²) in [6.07, 6.45) is 7.96. The van der Waals surface area contributed by atoms with Gasteiger partial charge in [0.2, 0.25) is 0 Å². The molecule has 0 bridgehead atoms. The topological polar surface area (TPSA) is 43.8 Å². The van der Waals surface area contributed by atoms with Crippen LogP contribution in [0.1, 0.15) is 51.6 Å². The average Bonchev–Trinajstić information content (AvgIpc) is 2.63. The lowest BCUT2D eigenvalue weighted by atomic mass is 9.81. The van der Waals surface area contributed by atoms with Gasteiger partial charge in [0.1, 0.15) is 0 Å². The number of imidazole rings is 1. The van der Waals surface area contributed by atoms with Crippen LogP contribution < -0.4 is 5.73 Å². The Morgan fingerprint density at radius 1 is 1.56 bits per heavy atom. The fourth-order valence-electron chi connectivity index (χ4n) is 2.35. The maximum atomic E-state index is 5.98. The molecule has 16 heavy (non-hydrogen) atoms. The van der Waals surface area contributed by atoms with Crippen molar-refractivity contribution < 1.29 is 0 Å². The Kier molecular flexibility index (Phi) is 3.06. The van der Waals surface area contributed by atoms with E-state index in [0.717, 1.165) is 0 Å². The van der Waals surface area contributed by atoms with E-state index in [2.05, 4.69) is 30.3 Å². The second kappa shape index (κ2) is 4.21. The van der Waals surface area contributed by atoms with Gasteiger partial charge in [-0.3, -0.25) is 0 Å². The average molecular weight is 221 g/mol. The molecule has 1 fully saturated rings. The van der Waals surface area contributed by atoms with Crippen molar-refractivity contribution in [2.24, 2.45) is 11.7 Å². The van der Waals surface area contributed by atoms with Crippen molar-refractivity contribution >= 4 is 0 Å². The molecule has 1 aliphatic rings. The monoisotopic (exact) mass is 221 g/mol. The quantitative estimate of drug-likeness (QED) is 0.849. The molecule has 0 saturated heterocycles. The number of nitrogens with zero attached hydrogens (tertiary/aromatic N) is 2. The van der Waals surface area contributed by atoms with Gasteiger partial charge in [-0.25, -0.2) is 4.98 Å². The van der Waals surface area contributed by atoms with Gasteiger partial charge < -0.3 is 10.3 Å². The van der Waals surface area contributed by atoms with Gasteiger partial charge in [0.15, 0.2) is 0 Å². The molecule has 2 rings (SSSR count). The van der Waals surface area contributed by atoms with Crippen molar-refractivity contribution in [1.29, 1.82) is 0 Å². The minimum atomic E-state index is 0.00141. The first-order valence-electron chi connectivity index (χ1n) is 6.32. The predicted molar refractivity (Wildman–Crippen MR) is 66.4 cm³/mol. The molecule has 0 radical (unpaired) electrons. The highest BCUT2D eigenvalue weighted by atomic mass is 15.1. The number of rotatable bonds is 4. The number of hydrogen-bond donors (Lipinski definition) is 1. The zero-order valence-electron chi connectivity index (χ0n) is 10.6. The van der Waals surface area contributed by atoms with Crippen LogP contribution >= 0.6 is 0 Å². The van der Waals surface area contributed by atoms with E-state index in [0.29, 0.717) is 18.4 Å². The van der Waals surface area contributed by atoms with Crippen molar-refractivity contribution in [2.75, 3.05) is 6.54 Å². The van der Waals surface area contributed by atoms with E-state index in [1.165, 1.54) is 25.0 Å². The first-order chi connectivity index (χ1) is 7.59. The zero-order valence-corrected chi connectivity index (χ0v) is 10.6. The lowest BCUT2D eigenvalue weighted by molar-refractivity contribution is 0.215. The Labute approximate surface area is 98.1 Å². The third-order valence-corrected chi connectivity index (χ3v) is 4.40. The Hall–Kier alpha value is -0.830. The van der Waals surface area contributed by atoms with Crippen molar-refractivity contribution in [2.45, 2.75) is 51.5 Å². The van der Waals surface area contributed by atoms with Crippen LogP contribution in [0, 0.1) is 5.92 Å². The third-order valence-electron chi connectivity index (χ3n) is 4.40. The molecule has 90 valence electrons. The molecule has 0 aliphatic heterocycles. The molecule has 0 amide bonds. The second-order valence-corrected chi connectivity index (χ2v) is 5.53. The predicted octanol–water partition coefficient (Wildman–Crippen LogP) is 2.48. The highest BCUT2D eigenvalue weighted by molar-refractivity contribution is 5.13. The van der Waals surface area contributed by atoms with Crippen LogP contribution in [0.15, 0.2) is 12.5 Å². The van der Waals surface area contributed by atoms with Crippen molar-refractivity contribution in [3.63, 3.8) is 0 Å². The lowest BCUT2D eigenvalue weighted by Crippen LogP contribution is -2.44. The van der Waals surface area contributed by atoms with Gasteiger partial charge in [-0.1, -0.05) is 20.3 Å². The molecule has 1 saturated carbocycles. The maximum absolute atomic E-state index is 5.98. The van der Waals surface area contributed by atoms with Crippen LogP contribution in [0.4, 0.5) is 0 Å². The van der Waals surface area contributed by atoms with Crippen molar-refractivity contribution in [3.8, 4) is 0 Å². The summed E-state index contributed by atoms with van der Waals surface area (Å²) in [4.78, 5) is 4.33. The van der Waals surface area contributed by atoms with Crippen LogP contribution in [0.5, 0.6) is 0 Å². The van der Waals surface area contributed by atoms with Gasteiger partial charge in [-0.2, -0.15) is 0 Å². The van der Waals surface area contributed by atoms with E-state index in [9.17, 15) is 0 Å². The summed E-state index contributed by atoms with van der Waals surface area (Å²) in [5.41, 5.74) is 7.36. The van der Waals surface area contributed by atoms with Gasteiger partial charge in [-0.15, -0.1) is 0 Å². The summed E-state index contributed by atoms with van der Waals surface area (Å²) >= 11 is 0. The van der Waals surface area contributed by atoms with Gasteiger partial charge in [0, 0.05) is 24.4 Å². The third kappa shape index (κ3) is 1.67. The minimum Gasteiger partial charge on any atom is -0.328 e. The molecule has 3 heteroatoms. The van der Waals surface area contributed by atoms with Crippen LogP contribution in [0.3, 0.4) is 0 Å². The van der Waals surface area contributed by atoms with E-state index in [1.54, 1.807) is 0 Å². The molecule has 0 spiro atoms. The molecule has 1 aromatic heterocycles. The summed E-state index contributed by atoms with van der Waals surface area (Å²) in [6, 6.07) is 0. The van der Waals surface area contributed by atoms with Gasteiger partial charge in [0.25, 0.3) is 0 Å². The van der Waals surface area contributed by atoms with E-state index < -0.39 is 0 Å². The van der Waals surface area contributed by atoms with Gasteiger partial charge >= 0.3 is 0 Å². The molecule has 1 unspecified atom stereocenters. The van der Waals surface area contributed by atoms with Crippen molar-refractivity contribution in [3.05, 3.63) is 18.2 Å². The number of aromatic nitrogens is 2. The molecule has 3 nitrogen and oxygen atoms in total. The number of nitrogens with two attached hydrogens (primary N) is 1. The Morgan fingerprint density at radius 2 is 2.25 bits per heavy atom. The Balaban J connectivity index is 2.34. The van der Waals surface area contributed by atoms with Crippen LogP contribution in [0.25, 0.3) is 0 Å². The van der Waals surface area contributed by atoms with E-state index >= 15 is 0 Å². The highest BCUT2D eigenvalue weighted by Crippen LogP contribution is 2.39. The minimum absolute atomic E-state index is 0.00141. The summed E-state index contributed by atoms with van der Waals surface area (Å²) in [5.74, 6) is 1.23. The molecule has 1 aromatic rings. The van der Waals surface area contributed by atoms with Crippen LogP contribution in [-0.2, 0) is 5.54 Å². The Morgan fingerprint density at radius 3 is 2.69 bits per heavy atom. The SMILES string of the molecule is CC(C)C(C)(CN)n1cncc1C1CCC1. The zero-order chi connectivity index (χ0) is 11.8. The normalized spacial score (nSPS) is 20.8. The molecular weight excluding hydrogens is 198 g/mol. The molecule has 1 aliphatic carbocycles. The van der Waals surface area contributed by atoms with Crippen LogP contribution in [0.2, 0.25) is 0 Å². The van der Waals surface area contributed by atoms with Gasteiger partial charge in [-0.05, 0) is 25.7 Å².